The van der Waals surface area contributed by atoms with E-state index in [9.17, 15) is 19.5 Å². The molecule has 3 aromatic carbocycles. The number of rotatable bonds is 15. The van der Waals surface area contributed by atoms with Gasteiger partial charge in [-0.25, -0.2) is 9.97 Å². The smallest absolute Gasteiger partial charge is 0.308 e. The summed E-state index contributed by atoms with van der Waals surface area (Å²) in [5, 5.41) is 12.8. The number of carboxylic acids is 1. The van der Waals surface area contributed by atoms with Crippen LogP contribution in [-0.4, -0.2) is 63.0 Å². The maximum atomic E-state index is 14.1. The topological polar surface area (TPSA) is 122 Å². The molecule has 2 amide bonds. The zero-order valence-corrected chi connectivity index (χ0v) is 31.8. The summed E-state index contributed by atoms with van der Waals surface area (Å²) in [5.74, 6) is -0.768. The molecule has 1 aliphatic rings. The number of carbonyl (C=O) groups excluding carboxylic acids is 2. The van der Waals surface area contributed by atoms with Crippen molar-refractivity contribution in [3.63, 3.8) is 0 Å². The van der Waals surface area contributed by atoms with Crippen molar-refractivity contribution in [2.45, 2.75) is 103 Å². The Labute approximate surface area is 314 Å². The average molecular weight is 719 g/mol. The molecule has 1 fully saturated rings. The largest absolute Gasteiger partial charge is 0.494 e. The van der Waals surface area contributed by atoms with Gasteiger partial charge in [-0.2, -0.15) is 0 Å². The number of carbonyl (C=O) groups is 3. The summed E-state index contributed by atoms with van der Waals surface area (Å²) in [4.78, 5) is 50.4. The van der Waals surface area contributed by atoms with E-state index in [0.29, 0.717) is 30.8 Å². The average Bonchev–Trinajstić information content (AvgIpc) is 3.16. The number of unbranched alkanes of at least 4 members (excludes halogenated alkanes) is 4. The van der Waals surface area contributed by atoms with E-state index >= 15 is 0 Å². The Kier molecular flexibility index (Phi) is 13.4. The van der Waals surface area contributed by atoms with Gasteiger partial charge >= 0.3 is 5.97 Å². The molecule has 3 atom stereocenters. The maximum Gasteiger partial charge on any atom is 0.308 e. The molecule has 0 aliphatic carbocycles. The summed E-state index contributed by atoms with van der Waals surface area (Å²) < 4.78 is 5.91. The van der Waals surface area contributed by atoms with Gasteiger partial charge in [0.05, 0.1) is 12.5 Å². The Morgan fingerprint density at radius 1 is 0.868 bits per heavy atom. The molecule has 1 aromatic heterocycles. The first-order valence-corrected chi connectivity index (χ1v) is 19.0. The van der Waals surface area contributed by atoms with Crippen molar-refractivity contribution >= 4 is 17.8 Å². The lowest BCUT2D eigenvalue weighted by molar-refractivity contribution is -0.149. The van der Waals surface area contributed by atoms with Crippen molar-refractivity contribution in [2.75, 3.05) is 13.2 Å². The van der Waals surface area contributed by atoms with Crippen LogP contribution >= 0.6 is 0 Å². The van der Waals surface area contributed by atoms with Gasteiger partial charge < -0.3 is 20.1 Å². The van der Waals surface area contributed by atoms with Crippen LogP contribution in [0.15, 0.2) is 85.2 Å². The van der Waals surface area contributed by atoms with Crippen molar-refractivity contribution in [1.82, 2.24) is 20.2 Å². The minimum atomic E-state index is -0.910. The van der Waals surface area contributed by atoms with Gasteiger partial charge in [-0.1, -0.05) is 102 Å². The van der Waals surface area contributed by atoms with Crippen LogP contribution in [-0.2, 0) is 21.4 Å². The highest BCUT2D eigenvalue weighted by Gasteiger charge is 2.38. The van der Waals surface area contributed by atoms with Crippen molar-refractivity contribution < 1.29 is 24.2 Å². The lowest BCUT2D eigenvalue weighted by atomic mass is 9.86. The monoisotopic (exact) mass is 718 g/mol. The molecule has 0 unspecified atom stereocenters. The van der Waals surface area contributed by atoms with Crippen LogP contribution in [0, 0.1) is 5.92 Å². The fourth-order valence-electron chi connectivity index (χ4n) is 6.84. The molecule has 2 heterocycles. The number of amides is 2. The van der Waals surface area contributed by atoms with Crippen molar-refractivity contribution in [3.8, 4) is 28.3 Å². The van der Waals surface area contributed by atoms with Gasteiger partial charge in [-0.15, -0.1) is 0 Å². The zero-order valence-electron chi connectivity index (χ0n) is 31.8. The molecule has 0 spiro atoms. The van der Waals surface area contributed by atoms with E-state index in [1.165, 1.54) is 25.7 Å². The molecule has 0 saturated carbocycles. The third kappa shape index (κ3) is 10.5. The maximum absolute atomic E-state index is 14.1. The number of carboxylic acid groups (broad SMARTS) is 1. The Balaban J connectivity index is 1.26. The highest BCUT2D eigenvalue weighted by atomic mass is 16.5. The molecule has 9 nitrogen and oxygen atoms in total. The molecule has 2 N–H and O–H groups in total. The summed E-state index contributed by atoms with van der Waals surface area (Å²) in [5.41, 5.74) is 5.07. The molecular weight excluding hydrogens is 665 g/mol. The Hall–Kier alpha value is -5.05. The number of likely N-dealkylation sites (tertiary alicyclic amines) is 1. The van der Waals surface area contributed by atoms with Gasteiger partial charge in [-0.3, -0.25) is 14.4 Å². The van der Waals surface area contributed by atoms with E-state index < -0.39 is 24.0 Å². The number of nitrogens with zero attached hydrogens (tertiary/aromatic N) is 3. The van der Waals surface area contributed by atoms with Gasteiger partial charge in [0, 0.05) is 48.1 Å². The minimum Gasteiger partial charge on any atom is -0.494 e. The Morgan fingerprint density at radius 3 is 2.13 bits per heavy atom. The van der Waals surface area contributed by atoms with E-state index in [2.05, 4.69) is 43.0 Å². The summed E-state index contributed by atoms with van der Waals surface area (Å²) in [6.45, 7) is 11.5. The molecule has 9 heteroatoms. The van der Waals surface area contributed by atoms with Crippen LogP contribution < -0.4 is 10.1 Å². The molecule has 1 aliphatic heterocycles. The number of hydrogen-bond donors (Lipinski definition) is 2. The summed E-state index contributed by atoms with van der Waals surface area (Å²) in [6.07, 6.45) is 11.0. The zero-order chi connectivity index (χ0) is 38.0. The van der Waals surface area contributed by atoms with Crippen LogP contribution in [0.3, 0.4) is 0 Å². The SMILES string of the molecule is CCCCCCCOc1ccc(-c2cnc(-c3ccc(C[C@H](NC(=O)c4ccc(C(C)(C)C)cc4)C(=O)N4CCC[C@@H](C(=O)O)[C@H]4C)cc3)nc2)cc1. The number of nitrogens with one attached hydrogen (secondary N) is 1. The third-order valence-corrected chi connectivity index (χ3v) is 10.2. The molecule has 1 saturated heterocycles. The van der Waals surface area contributed by atoms with E-state index in [4.69, 9.17) is 4.74 Å². The molecule has 280 valence electrons. The second-order valence-electron chi connectivity index (χ2n) is 15.2. The van der Waals surface area contributed by atoms with Gasteiger partial charge in [-0.05, 0) is 72.6 Å². The Morgan fingerprint density at radius 2 is 1.51 bits per heavy atom. The van der Waals surface area contributed by atoms with E-state index in [0.717, 1.165) is 46.6 Å². The van der Waals surface area contributed by atoms with Crippen LogP contribution in [0.4, 0.5) is 0 Å². The second kappa shape index (κ2) is 18.1. The number of piperidine rings is 1. The van der Waals surface area contributed by atoms with Crippen molar-refractivity contribution in [1.29, 1.82) is 0 Å². The molecule has 0 bridgehead atoms. The minimum absolute atomic E-state index is 0.0630. The highest BCUT2D eigenvalue weighted by Crippen LogP contribution is 2.27. The first-order valence-electron chi connectivity index (χ1n) is 19.0. The van der Waals surface area contributed by atoms with Crippen LogP contribution in [0.2, 0.25) is 0 Å². The van der Waals surface area contributed by atoms with E-state index in [1.807, 2.05) is 73.1 Å². The lowest BCUT2D eigenvalue weighted by Gasteiger charge is -2.39. The fourth-order valence-corrected chi connectivity index (χ4v) is 6.84. The predicted octanol–water partition coefficient (Wildman–Crippen LogP) is 8.51. The van der Waals surface area contributed by atoms with Gasteiger partial charge in [0.15, 0.2) is 5.82 Å². The van der Waals surface area contributed by atoms with E-state index in [-0.39, 0.29) is 23.7 Å². The predicted molar refractivity (Wildman–Crippen MR) is 209 cm³/mol. The lowest BCUT2D eigenvalue weighted by Crippen LogP contribution is -2.56. The van der Waals surface area contributed by atoms with Gasteiger partial charge in [0.2, 0.25) is 5.91 Å². The molecule has 53 heavy (non-hydrogen) atoms. The van der Waals surface area contributed by atoms with Crippen molar-refractivity contribution in [2.24, 2.45) is 5.92 Å². The normalized spacial score (nSPS) is 16.5. The van der Waals surface area contributed by atoms with Crippen LogP contribution in [0.1, 0.15) is 101 Å². The summed E-state index contributed by atoms with van der Waals surface area (Å²) in [7, 11) is 0. The number of aliphatic carboxylic acids is 1. The second-order valence-corrected chi connectivity index (χ2v) is 15.2. The third-order valence-electron chi connectivity index (χ3n) is 10.2. The first kappa shape index (κ1) is 39.2. The molecular formula is C44H54N4O5. The summed E-state index contributed by atoms with van der Waals surface area (Å²) >= 11 is 0. The standard InChI is InChI=1S/C44H54N4O5/c1-6-7-8-9-10-26-53-37-23-19-32(20-24-37)35-28-45-40(46-29-35)33-15-13-31(14-16-33)27-39(42(50)48-25-11-12-38(30(48)2)43(51)52)47-41(49)34-17-21-36(22-18-34)44(3,4)5/h13-24,28-30,38-39H,6-12,25-27H2,1-5H3,(H,47,49)(H,51,52)/t30-,38-,39+/m1/s1. The van der Waals surface area contributed by atoms with Gasteiger partial charge in [0.25, 0.3) is 5.91 Å². The summed E-state index contributed by atoms with van der Waals surface area (Å²) in [6, 6.07) is 21.7. The fraction of sp³-hybridized carbons (Fsp3) is 0.432. The van der Waals surface area contributed by atoms with Crippen molar-refractivity contribution in [3.05, 3.63) is 102 Å². The quantitative estimate of drug-likeness (QED) is 0.118. The molecule has 0 radical (unpaired) electrons. The highest BCUT2D eigenvalue weighted by molar-refractivity contribution is 5.98. The number of benzene rings is 3. The van der Waals surface area contributed by atoms with Gasteiger partial charge in [0.1, 0.15) is 11.8 Å². The number of aromatic nitrogens is 2. The van der Waals surface area contributed by atoms with Crippen LogP contribution in [0.5, 0.6) is 5.75 Å². The number of hydrogen-bond acceptors (Lipinski definition) is 6. The Bertz CT molecular complexity index is 1800. The first-order chi connectivity index (χ1) is 25.4. The van der Waals surface area contributed by atoms with E-state index in [1.54, 1.807) is 24.0 Å². The van der Waals surface area contributed by atoms with Crippen LogP contribution in [0.25, 0.3) is 22.5 Å². The molecule has 5 rings (SSSR count). The molecule has 4 aromatic rings. The number of ether oxygens (including phenoxy) is 1.